The van der Waals surface area contributed by atoms with Gasteiger partial charge in [-0.05, 0) is 38.2 Å². The number of aliphatic hydroxyl groups is 1. The molecule has 1 aliphatic rings. The van der Waals surface area contributed by atoms with Crippen LogP contribution in [-0.4, -0.2) is 33.6 Å². The van der Waals surface area contributed by atoms with Crippen LogP contribution in [0.1, 0.15) is 85.5 Å². The zero-order valence-electron chi connectivity index (χ0n) is 17.3. The topological polar surface area (TPSA) is 74.7 Å². The summed E-state index contributed by atoms with van der Waals surface area (Å²) in [6, 6.07) is -0.743. The lowest BCUT2D eigenvalue weighted by Crippen LogP contribution is -2.41. The predicted octanol–water partition coefficient (Wildman–Crippen LogP) is 4.87. The maximum absolute atomic E-state index is 12.5. The summed E-state index contributed by atoms with van der Waals surface area (Å²) in [5.74, 6) is -1.75. The molecule has 0 aromatic rings. The van der Waals surface area contributed by atoms with Gasteiger partial charge in [-0.25, -0.2) is 0 Å². The van der Waals surface area contributed by atoms with E-state index in [0.717, 1.165) is 24.2 Å². The molecule has 0 bridgehead atoms. The number of Topliss-reactive ketones (excluding diaryl/α,β-unsaturated/α-hetero) is 1. The number of aliphatic hydroxyl groups excluding tert-OH is 1. The molecule has 1 atom stereocenters. The minimum atomic E-state index is -0.743. The molecule has 0 fully saturated rings. The van der Waals surface area contributed by atoms with Gasteiger partial charge in [-0.3, -0.25) is 19.3 Å². The second-order valence-electron chi connectivity index (χ2n) is 7.79. The van der Waals surface area contributed by atoms with Crippen molar-refractivity contribution >= 4 is 17.6 Å². The molecule has 5 nitrogen and oxygen atoms in total. The molecule has 0 spiro atoms. The maximum atomic E-state index is 12.5. The van der Waals surface area contributed by atoms with Crippen LogP contribution in [0, 0.1) is 5.92 Å². The van der Waals surface area contributed by atoms with Crippen molar-refractivity contribution in [1.29, 1.82) is 0 Å². The molecule has 2 amide bonds. The fraction of sp³-hybridized carbons (Fsp3) is 0.682. The number of allylic oxidation sites excluding steroid dienone is 1. The largest absolute Gasteiger partial charge is 0.509 e. The summed E-state index contributed by atoms with van der Waals surface area (Å²) in [5, 5.41) is 10.3. The minimum Gasteiger partial charge on any atom is -0.509 e. The molecule has 0 radical (unpaired) electrons. The lowest BCUT2D eigenvalue weighted by atomic mass is 10.0. The third-order valence-electron chi connectivity index (χ3n) is 4.84. The van der Waals surface area contributed by atoms with Crippen molar-refractivity contribution in [3.05, 3.63) is 23.5 Å². The summed E-state index contributed by atoms with van der Waals surface area (Å²) in [7, 11) is 0. The Morgan fingerprint density at radius 2 is 1.70 bits per heavy atom. The Bertz CT molecular complexity index is 589. The third kappa shape index (κ3) is 6.96. The van der Waals surface area contributed by atoms with Gasteiger partial charge >= 0.3 is 0 Å². The van der Waals surface area contributed by atoms with Gasteiger partial charge < -0.3 is 5.11 Å². The van der Waals surface area contributed by atoms with Gasteiger partial charge in [-0.1, -0.05) is 65.4 Å². The van der Waals surface area contributed by atoms with Crippen molar-refractivity contribution in [2.75, 3.05) is 0 Å². The minimum absolute atomic E-state index is 0.170. The zero-order valence-corrected chi connectivity index (χ0v) is 17.3. The second kappa shape index (κ2) is 11.7. The smallest absolute Gasteiger partial charge is 0.268 e. The molecule has 5 heteroatoms. The molecule has 0 saturated carbocycles. The quantitative estimate of drug-likeness (QED) is 0.299. The van der Waals surface area contributed by atoms with E-state index in [0.29, 0.717) is 6.42 Å². The standard InChI is InChI=1S/C22H35NO4/c1-5-6-7-8-9-10-11-12-13-14-19(25)23-18(15-16(2)3)21(26)20(17(4)24)22(23)27/h13-14,16,18,26H,5-12,15H2,1-4H3/b14-13+/t18-/m1/s1. The van der Waals surface area contributed by atoms with Gasteiger partial charge in [-0.2, -0.15) is 0 Å². The van der Waals surface area contributed by atoms with Crippen LogP contribution in [0.5, 0.6) is 0 Å². The van der Waals surface area contributed by atoms with Gasteiger partial charge in [0.2, 0.25) is 0 Å². The number of nitrogens with zero attached hydrogens (tertiary/aromatic N) is 1. The Hall–Kier alpha value is -1.91. The van der Waals surface area contributed by atoms with Crippen molar-refractivity contribution in [3.8, 4) is 0 Å². The third-order valence-corrected chi connectivity index (χ3v) is 4.84. The molecule has 1 N–H and O–H groups in total. The Balaban J connectivity index is 2.59. The van der Waals surface area contributed by atoms with Crippen LogP contribution in [0.25, 0.3) is 0 Å². The van der Waals surface area contributed by atoms with Crippen molar-refractivity contribution in [1.82, 2.24) is 4.90 Å². The Labute approximate surface area is 163 Å². The number of rotatable bonds is 12. The molecular formula is C22H35NO4. The van der Waals surface area contributed by atoms with Crippen LogP contribution >= 0.6 is 0 Å². The molecular weight excluding hydrogens is 342 g/mol. The van der Waals surface area contributed by atoms with Crippen LogP contribution in [0.15, 0.2) is 23.5 Å². The van der Waals surface area contributed by atoms with Crippen LogP contribution < -0.4 is 0 Å². The molecule has 0 saturated heterocycles. The Morgan fingerprint density at radius 1 is 1.11 bits per heavy atom. The van der Waals surface area contributed by atoms with E-state index in [1.54, 1.807) is 6.08 Å². The number of unbranched alkanes of at least 4 members (excludes halogenated alkanes) is 7. The van der Waals surface area contributed by atoms with Gasteiger partial charge in [-0.15, -0.1) is 0 Å². The predicted molar refractivity (Wildman–Crippen MR) is 107 cm³/mol. The molecule has 1 rings (SSSR count). The highest BCUT2D eigenvalue weighted by Crippen LogP contribution is 2.29. The van der Waals surface area contributed by atoms with Crippen LogP contribution in [-0.2, 0) is 14.4 Å². The highest BCUT2D eigenvalue weighted by Gasteiger charge is 2.44. The van der Waals surface area contributed by atoms with E-state index < -0.39 is 23.6 Å². The summed E-state index contributed by atoms with van der Waals surface area (Å²) in [5.41, 5.74) is -0.255. The molecule has 0 aromatic heterocycles. The summed E-state index contributed by atoms with van der Waals surface area (Å²) < 4.78 is 0. The molecule has 1 aliphatic heterocycles. The van der Waals surface area contributed by atoms with Gasteiger partial charge in [0.15, 0.2) is 5.78 Å². The van der Waals surface area contributed by atoms with E-state index >= 15 is 0 Å². The monoisotopic (exact) mass is 377 g/mol. The normalized spacial score (nSPS) is 17.6. The van der Waals surface area contributed by atoms with Crippen molar-refractivity contribution in [2.45, 2.75) is 91.5 Å². The Morgan fingerprint density at radius 3 is 2.26 bits per heavy atom. The van der Waals surface area contributed by atoms with E-state index in [1.165, 1.54) is 45.1 Å². The first-order chi connectivity index (χ1) is 12.8. The second-order valence-corrected chi connectivity index (χ2v) is 7.79. The first kappa shape index (κ1) is 23.1. The van der Waals surface area contributed by atoms with Crippen molar-refractivity contribution in [3.63, 3.8) is 0 Å². The number of hydrogen-bond donors (Lipinski definition) is 1. The van der Waals surface area contributed by atoms with E-state index in [4.69, 9.17) is 0 Å². The fourth-order valence-electron chi connectivity index (χ4n) is 3.39. The van der Waals surface area contributed by atoms with Crippen LogP contribution in [0.2, 0.25) is 0 Å². The SMILES string of the molecule is CCCCCCCCC/C=C/C(=O)N1C(=O)C(C(C)=O)=C(O)[C@H]1CC(C)C. The molecule has 1 heterocycles. The Kier molecular flexibility index (Phi) is 10.0. The van der Waals surface area contributed by atoms with E-state index in [-0.39, 0.29) is 17.3 Å². The number of ketones is 1. The number of amides is 2. The van der Waals surface area contributed by atoms with E-state index in [2.05, 4.69) is 6.92 Å². The first-order valence-electron chi connectivity index (χ1n) is 10.3. The van der Waals surface area contributed by atoms with Gasteiger partial charge in [0.25, 0.3) is 11.8 Å². The zero-order chi connectivity index (χ0) is 20.4. The highest BCUT2D eigenvalue weighted by atomic mass is 16.3. The number of hydrogen-bond acceptors (Lipinski definition) is 4. The number of carbonyl (C=O) groups is 3. The van der Waals surface area contributed by atoms with Crippen molar-refractivity contribution in [2.24, 2.45) is 5.92 Å². The van der Waals surface area contributed by atoms with Gasteiger partial charge in [0.1, 0.15) is 11.3 Å². The van der Waals surface area contributed by atoms with Crippen molar-refractivity contribution < 1.29 is 19.5 Å². The average Bonchev–Trinajstić information content (AvgIpc) is 2.83. The molecule has 0 aromatic carbocycles. The van der Waals surface area contributed by atoms with Gasteiger partial charge in [0.05, 0.1) is 6.04 Å². The van der Waals surface area contributed by atoms with Gasteiger partial charge in [0, 0.05) is 0 Å². The molecule has 152 valence electrons. The van der Waals surface area contributed by atoms with Crippen LogP contribution in [0.3, 0.4) is 0 Å². The average molecular weight is 378 g/mol. The number of imide groups is 1. The van der Waals surface area contributed by atoms with Crippen LogP contribution in [0.4, 0.5) is 0 Å². The number of carbonyl (C=O) groups excluding carboxylic acids is 3. The lowest BCUT2D eigenvalue weighted by molar-refractivity contribution is -0.140. The summed E-state index contributed by atoms with van der Waals surface area (Å²) in [6.07, 6.45) is 12.9. The van der Waals surface area contributed by atoms with E-state index in [9.17, 15) is 19.5 Å². The molecule has 27 heavy (non-hydrogen) atoms. The first-order valence-corrected chi connectivity index (χ1v) is 10.3. The lowest BCUT2D eigenvalue weighted by Gasteiger charge is -2.23. The summed E-state index contributed by atoms with van der Waals surface area (Å²) >= 11 is 0. The molecule has 0 unspecified atom stereocenters. The fourth-order valence-corrected chi connectivity index (χ4v) is 3.39. The van der Waals surface area contributed by atoms with E-state index in [1.807, 2.05) is 13.8 Å². The molecule has 0 aliphatic carbocycles. The summed E-state index contributed by atoms with van der Waals surface area (Å²) in [6.45, 7) is 7.33. The maximum Gasteiger partial charge on any atom is 0.268 e. The highest BCUT2D eigenvalue weighted by molar-refractivity contribution is 6.24. The summed E-state index contributed by atoms with van der Waals surface area (Å²) in [4.78, 5) is 37.8.